The van der Waals surface area contributed by atoms with E-state index in [2.05, 4.69) is 4.99 Å². The SMILES string of the molecule is CC(N)CCN(CCCCC1=NCCCC(=C\N)/C=C\1)CC(F)F. The first-order valence-corrected chi connectivity index (χ1v) is 8.89. The minimum Gasteiger partial charge on any atom is -0.404 e. The van der Waals surface area contributed by atoms with Crippen LogP contribution in [0.2, 0.25) is 0 Å². The second-order valence-corrected chi connectivity index (χ2v) is 6.47. The van der Waals surface area contributed by atoms with Crippen LogP contribution in [0.15, 0.2) is 28.9 Å². The summed E-state index contributed by atoms with van der Waals surface area (Å²) in [4.78, 5) is 6.41. The number of alkyl halides is 2. The molecule has 1 unspecified atom stereocenters. The third-order valence-corrected chi connectivity index (χ3v) is 4.10. The van der Waals surface area contributed by atoms with Crippen LogP contribution in [0.3, 0.4) is 0 Å². The number of rotatable bonds is 10. The average molecular weight is 342 g/mol. The summed E-state index contributed by atoms with van der Waals surface area (Å²) in [5, 5.41) is 0. The summed E-state index contributed by atoms with van der Waals surface area (Å²) in [7, 11) is 0. The highest BCUT2D eigenvalue weighted by Gasteiger charge is 2.12. The van der Waals surface area contributed by atoms with Crippen LogP contribution in [0.1, 0.15) is 45.4 Å². The molecule has 1 rings (SSSR count). The molecule has 24 heavy (non-hydrogen) atoms. The van der Waals surface area contributed by atoms with Gasteiger partial charge in [0, 0.05) is 18.3 Å². The largest absolute Gasteiger partial charge is 0.404 e. The van der Waals surface area contributed by atoms with E-state index in [1.807, 2.05) is 24.0 Å². The molecule has 0 radical (unpaired) electrons. The van der Waals surface area contributed by atoms with Crippen LogP contribution < -0.4 is 11.5 Å². The Morgan fingerprint density at radius 2 is 2.08 bits per heavy atom. The van der Waals surface area contributed by atoms with Crippen molar-refractivity contribution < 1.29 is 8.78 Å². The van der Waals surface area contributed by atoms with Gasteiger partial charge in [-0.2, -0.15) is 0 Å². The lowest BCUT2D eigenvalue weighted by Crippen LogP contribution is -2.33. The maximum absolute atomic E-state index is 12.6. The van der Waals surface area contributed by atoms with Gasteiger partial charge in [-0.1, -0.05) is 6.08 Å². The summed E-state index contributed by atoms with van der Waals surface area (Å²) in [6.07, 6.45) is 8.86. The van der Waals surface area contributed by atoms with Gasteiger partial charge in [-0.05, 0) is 76.4 Å². The van der Waals surface area contributed by atoms with Crippen LogP contribution >= 0.6 is 0 Å². The van der Waals surface area contributed by atoms with Crippen molar-refractivity contribution in [1.82, 2.24) is 4.90 Å². The van der Waals surface area contributed by atoms with Gasteiger partial charge in [0.25, 0.3) is 6.43 Å². The van der Waals surface area contributed by atoms with E-state index in [0.29, 0.717) is 13.1 Å². The lowest BCUT2D eigenvalue weighted by Gasteiger charge is -2.22. The first kappa shape index (κ1) is 20.8. The first-order chi connectivity index (χ1) is 11.5. The van der Waals surface area contributed by atoms with Gasteiger partial charge in [-0.25, -0.2) is 8.78 Å². The maximum atomic E-state index is 12.6. The molecule has 4 nitrogen and oxygen atoms in total. The van der Waals surface area contributed by atoms with E-state index in [-0.39, 0.29) is 12.6 Å². The summed E-state index contributed by atoms with van der Waals surface area (Å²) in [5.74, 6) is 0. The van der Waals surface area contributed by atoms with Gasteiger partial charge >= 0.3 is 0 Å². The Morgan fingerprint density at radius 3 is 2.75 bits per heavy atom. The number of hydrogen-bond acceptors (Lipinski definition) is 4. The van der Waals surface area contributed by atoms with Crippen molar-refractivity contribution in [3.63, 3.8) is 0 Å². The summed E-state index contributed by atoms with van der Waals surface area (Å²) >= 11 is 0. The molecule has 1 heterocycles. The van der Waals surface area contributed by atoms with Gasteiger partial charge in [0.1, 0.15) is 0 Å². The molecule has 4 N–H and O–H groups in total. The molecule has 0 bridgehead atoms. The molecular weight excluding hydrogens is 310 g/mol. The van der Waals surface area contributed by atoms with Gasteiger partial charge in [-0.15, -0.1) is 0 Å². The van der Waals surface area contributed by atoms with Crippen LogP contribution in [-0.2, 0) is 0 Å². The summed E-state index contributed by atoms with van der Waals surface area (Å²) in [5.41, 5.74) is 13.5. The molecule has 0 aromatic carbocycles. The topological polar surface area (TPSA) is 67.6 Å². The van der Waals surface area contributed by atoms with E-state index < -0.39 is 6.43 Å². The van der Waals surface area contributed by atoms with E-state index >= 15 is 0 Å². The van der Waals surface area contributed by atoms with Crippen LogP contribution in [0.25, 0.3) is 0 Å². The predicted octanol–water partition coefficient (Wildman–Crippen LogP) is 3.09. The van der Waals surface area contributed by atoms with E-state index in [9.17, 15) is 8.78 Å². The Morgan fingerprint density at radius 1 is 1.29 bits per heavy atom. The molecule has 0 spiro atoms. The highest BCUT2D eigenvalue weighted by Crippen LogP contribution is 2.11. The number of aliphatic imine (C=N–C) groups is 1. The zero-order chi connectivity index (χ0) is 17.8. The van der Waals surface area contributed by atoms with Gasteiger partial charge in [0.15, 0.2) is 0 Å². The number of nitrogens with two attached hydrogens (primary N) is 2. The second-order valence-electron chi connectivity index (χ2n) is 6.47. The first-order valence-electron chi connectivity index (χ1n) is 8.89. The van der Waals surface area contributed by atoms with Gasteiger partial charge in [0.2, 0.25) is 0 Å². The molecule has 1 aliphatic rings. The molecule has 1 aliphatic heterocycles. The smallest absolute Gasteiger partial charge is 0.251 e. The van der Waals surface area contributed by atoms with Crippen LogP contribution in [0, 0.1) is 0 Å². The Labute approximate surface area is 144 Å². The maximum Gasteiger partial charge on any atom is 0.251 e. The van der Waals surface area contributed by atoms with Crippen molar-refractivity contribution in [1.29, 1.82) is 0 Å². The van der Waals surface area contributed by atoms with Crippen molar-refractivity contribution in [2.24, 2.45) is 16.5 Å². The van der Waals surface area contributed by atoms with Gasteiger partial charge < -0.3 is 11.5 Å². The lowest BCUT2D eigenvalue weighted by molar-refractivity contribution is 0.0859. The number of allylic oxidation sites excluding steroid dienone is 3. The van der Waals surface area contributed by atoms with Crippen LogP contribution in [-0.4, -0.2) is 49.3 Å². The van der Waals surface area contributed by atoms with Gasteiger partial charge in [0.05, 0.1) is 6.54 Å². The lowest BCUT2D eigenvalue weighted by atomic mass is 10.1. The minimum absolute atomic E-state index is 0.0457. The quantitative estimate of drug-likeness (QED) is 0.600. The molecule has 6 heteroatoms. The fourth-order valence-electron chi connectivity index (χ4n) is 2.66. The minimum atomic E-state index is -2.29. The molecular formula is C18H32F2N4. The number of unbranched alkanes of at least 4 members (excludes halogenated alkanes) is 1. The standard InChI is InChI=1S/C18H32F2N4/c1-15(22)9-12-24(14-18(19)20)11-3-2-6-17-8-7-16(13-21)5-4-10-23-17/h7-8,13,15,18H,2-6,9-12,14,21-22H2,1H3/b8-7-,16-13+,23-17?. The third kappa shape index (κ3) is 9.78. The normalized spacial score (nSPS) is 20.1. The van der Waals surface area contributed by atoms with Crippen molar-refractivity contribution in [3.8, 4) is 0 Å². The molecule has 0 aliphatic carbocycles. The van der Waals surface area contributed by atoms with Crippen LogP contribution in [0.4, 0.5) is 8.78 Å². The summed E-state index contributed by atoms with van der Waals surface area (Å²) < 4.78 is 25.3. The van der Waals surface area contributed by atoms with Crippen molar-refractivity contribution in [2.45, 2.75) is 57.9 Å². The van der Waals surface area contributed by atoms with E-state index in [1.54, 1.807) is 6.20 Å². The number of halogens is 2. The predicted molar refractivity (Wildman–Crippen MR) is 97.5 cm³/mol. The van der Waals surface area contributed by atoms with Crippen molar-refractivity contribution >= 4 is 5.71 Å². The zero-order valence-corrected chi connectivity index (χ0v) is 14.8. The fourth-order valence-corrected chi connectivity index (χ4v) is 2.66. The van der Waals surface area contributed by atoms with Crippen molar-refractivity contribution in [2.75, 3.05) is 26.2 Å². The number of nitrogens with zero attached hydrogens (tertiary/aromatic N) is 2. The highest BCUT2D eigenvalue weighted by molar-refractivity contribution is 5.95. The second kappa shape index (κ2) is 12.1. The highest BCUT2D eigenvalue weighted by atomic mass is 19.3. The van der Waals surface area contributed by atoms with E-state index in [1.165, 1.54) is 0 Å². The Kier molecular flexibility index (Phi) is 10.5. The molecule has 0 saturated carbocycles. The Hall–Kier alpha value is -1.27. The third-order valence-electron chi connectivity index (χ3n) is 4.10. The summed E-state index contributed by atoms with van der Waals surface area (Å²) in [6, 6.07) is 0.0457. The summed E-state index contributed by atoms with van der Waals surface area (Å²) in [6.45, 7) is 3.88. The van der Waals surface area contributed by atoms with E-state index in [4.69, 9.17) is 11.5 Å². The molecule has 0 saturated heterocycles. The van der Waals surface area contributed by atoms with Crippen LogP contribution in [0.5, 0.6) is 0 Å². The molecule has 0 aromatic heterocycles. The fraction of sp³-hybridized carbons (Fsp3) is 0.722. The molecule has 0 aromatic rings. The molecule has 0 fully saturated rings. The molecule has 1 atom stereocenters. The van der Waals surface area contributed by atoms with E-state index in [0.717, 1.165) is 56.4 Å². The number of hydrogen-bond donors (Lipinski definition) is 2. The zero-order valence-electron chi connectivity index (χ0n) is 14.8. The average Bonchev–Trinajstić information content (AvgIpc) is 2.50. The Bertz CT molecular complexity index is 431. The monoisotopic (exact) mass is 342 g/mol. The Balaban J connectivity index is 2.35. The molecule has 138 valence electrons. The van der Waals surface area contributed by atoms with Crippen molar-refractivity contribution in [3.05, 3.63) is 23.9 Å². The molecule has 0 amide bonds. The van der Waals surface area contributed by atoms with Gasteiger partial charge in [-0.3, -0.25) is 9.89 Å².